The molecule has 1 aromatic rings. The average molecular weight is 319 g/mol. The predicted octanol–water partition coefficient (Wildman–Crippen LogP) is 0.283. The minimum absolute atomic E-state index is 0.154. The molecule has 1 aliphatic heterocycles. The van der Waals surface area contributed by atoms with Gasteiger partial charge in [-0.1, -0.05) is 13.0 Å². The third kappa shape index (κ3) is 4.03. The van der Waals surface area contributed by atoms with E-state index in [1.54, 1.807) is 12.1 Å². The van der Waals surface area contributed by atoms with Crippen LogP contribution in [0.5, 0.6) is 0 Å². The Bertz CT molecular complexity index is 526. The van der Waals surface area contributed by atoms with E-state index >= 15 is 0 Å². The van der Waals surface area contributed by atoms with Gasteiger partial charge >= 0.3 is 7.12 Å². The van der Waals surface area contributed by atoms with Gasteiger partial charge in [0, 0.05) is 30.8 Å². The molecule has 7 heteroatoms. The Morgan fingerprint density at radius 1 is 1.39 bits per heavy atom. The van der Waals surface area contributed by atoms with Crippen molar-refractivity contribution in [2.75, 3.05) is 18.0 Å². The summed E-state index contributed by atoms with van der Waals surface area (Å²) in [5.41, 5.74) is 0.0899. The molecule has 126 valence electrons. The lowest BCUT2D eigenvalue weighted by Crippen LogP contribution is -2.50. The summed E-state index contributed by atoms with van der Waals surface area (Å²) >= 11 is 0. The Labute approximate surface area is 138 Å². The van der Waals surface area contributed by atoms with Gasteiger partial charge in [-0.25, -0.2) is 4.98 Å². The van der Waals surface area contributed by atoms with Crippen LogP contribution in [0, 0.1) is 5.41 Å². The predicted molar refractivity (Wildman–Crippen MR) is 91.5 cm³/mol. The first-order chi connectivity index (χ1) is 10.9. The maximum absolute atomic E-state index is 12.5. The van der Waals surface area contributed by atoms with E-state index in [0.717, 1.165) is 38.2 Å². The standard InChI is InChI=1S/C16H26BN3O3/c1-4-16(15(21)19-12(2)3)7-9-20(10-8-16)14-6-5-13(11-18-14)17(22)23/h5-6,11-12,22-23H,4,7-10H2,1-3H3,(H,19,21). The molecule has 0 saturated carbocycles. The van der Waals surface area contributed by atoms with Gasteiger partial charge in [-0.05, 0) is 39.2 Å². The Morgan fingerprint density at radius 2 is 2.04 bits per heavy atom. The first-order valence-electron chi connectivity index (χ1n) is 8.26. The number of carbonyl (C=O) groups is 1. The summed E-state index contributed by atoms with van der Waals surface area (Å²) < 4.78 is 0. The lowest BCUT2D eigenvalue weighted by atomic mass is 9.75. The molecular formula is C16H26BN3O3. The van der Waals surface area contributed by atoms with E-state index < -0.39 is 7.12 Å². The molecule has 1 fully saturated rings. The van der Waals surface area contributed by atoms with Gasteiger partial charge in [0.25, 0.3) is 0 Å². The summed E-state index contributed by atoms with van der Waals surface area (Å²) in [6.45, 7) is 7.58. The zero-order valence-corrected chi connectivity index (χ0v) is 14.1. The van der Waals surface area contributed by atoms with Crippen molar-refractivity contribution in [1.82, 2.24) is 10.3 Å². The van der Waals surface area contributed by atoms with Crippen molar-refractivity contribution in [2.24, 2.45) is 5.41 Å². The molecule has 1 aromatic heterocycles. The minimum atomic E-state index is -1.50. The van der Waals surface area contributed by atoms with E-state index in [9.17, 15) is 4.79 Å². The average Bonchev–Trinajstić information content (AvgIpc) is 2.54. The fraction of sp³-hybridized carbons (Fsp3) is 0.625. The number of aromatic nitrogens is 1. The van der Waals surface area contributed by atoms with Gasteiger partial charge in [-0.15, -0.1) is 0 Å². The second kappa shape index (κ2) is 7.32. The number of carbonyl (C=O) groups excluding carboxylic acids is 1. The molecule has 1 saturated heterocycles. The lowest BCUT2D eigenvalue weighted by Gasteiger charge is -2.41. The third-order valence-corrected chi connectivity index (χ3v) is 4.69. The number of piperidine rings is 1. The minimum Gasteiger partial charge on any atom is -0.423 e. The van der Waals surface area contributed by atoms with Gasteiger partial charge in [0.1, 0.15) is 5.82 Å². The molecule has 0 bridgehead atoms. The number of rotatable bonds is 5. The van der Waals surface area contributed by atoms with Crippen molar-refractivity contribution in [3.05, 3.63) is 18.3 Å². The maximum atomic E-state index is 12.5. The van der Waals surface area contributed by atoms with E-state index in [0.29, 0.717) is 5.46 Å². The van der Waals surface area contributed by atoms with Crippen molar-refractivity contribution < 1.29 is 14.8 Å². The van der Waals surface area contributed by atoms with Gasteiger partial charge < -0.3 is 20.3 Å². The molecule has 6 nitrogen and oxygen atoms in total. The molecule has 0 radical (unpaired) electrons. The molecule has 2 heterocycles. The maximum Gasteiger partial charge on any atom is 0.490 e. The molecule has 1 aliphatic rings. The monoisotopic (exact) mass is 319 g/mol. The SMILES string of the molecule is CCC1(C(=O)NC(C)C)CCN(c2ccc(B(O)O)cn2)CC1. The summed E-state index contributed by atoms with van der Waals surface area (Å²) in [4.78, 5) is 19.0. The van der Waals surface area contributed by atoms with Gasteiger partial charge in [0.2, 0.25) is 5.91 Å². The van der Waals surface area contributed by atoms with Crippen LogP contribution in [-0.4, -0.2) is 47.2 Å². The highest BCUT2D eigenvalue weighted by molar-refractivity contribution is 6.58. The van der Waals surface area contributed by atoms with Crippen LogP contribution < -0.4 is 15.7 Å². The van der Waals surface area contributed by atoms with E-state index in [-0.39, 0.29) is 17.4 Å². The van der Waals surface area contributed by atoms with Crippen molar-refractivity contribution >= 4 is 24.3 Å². The molecule has 0 spiro atoms. The zero-order valence-electron chi connectivity index (χ0n) is 14.1. The molecule has 2 rings (SSSR count). The van der Waals surface area contributed by atoms with Gasteiger partial charge in [-0.2, -0.15) is 0 Å². The van der Waals surface area contributed by atoms with Crippen LogP contribution in [0.4, 0.5) is 5.82 Å². The van der Waals surface area contributed by atoms with Crippen LogP contribution in [0.15, 0.2) is 18.3 Å². The topological polar surface area (TPSA) is 85.7 Å². The fourth-order valence-electron chi connectivity index (χ4n) is 3.06. The number of nitrogens with zero attached hydrogens (tertiary/aromatic N) is 2. The first-order valence-corrected chi connectivity index (χ1v) is 8.26. The molecule has 1 amide bonds. The zero-order chi connectivity index (χ0) is 17.0. The summed E-state index contributed by atoms with van der Waals surface area (Å²) in [5.74, 6) is 0.963. The van der Waals surface area contributed by atoms with E-state index in [1.165, 1.54) is 6.20 Å². The molecule has 0 unspecified atom stereocenters. The highest BCUT2D eigenvalue weighted by Gasteiger charge is 2.40. The van der Waals surface area contributed by atoms with Gasteiger partial charge in [0.15, 0.2) is 0 Å². The van der Waals surface area contributed by atoms with E-state index in [2.05, 4.69) is 22.1 Å². The second-order valence-electron chi connectivity index (χ2n) is 6.57. The Morgan fingerprint density at radius 3 is 2.48 bits per heavy atom. The second-order valence-corrected chi connectivity index (χ2v) is 6.57. The summed E-state index contributed by atoms with van der Waals surface area (Å²) in [7, 11) is -1.50. The number of pyridine rings is 1. The van der Waals surface area contributed by atoms with Crippen molar-refractivity contribution in [3.8, 4) is 0 Å². The van der Waals surface area contributed by atoms with Crippen LogP contribution in [0.2, 0.25) is 0 Å². The Hall–Kier alpha value is -1.60. The van der Waals surface area contributed by atoms with Crippen LogP contribution in [-0.2, 0) is 4.79 Å². The van der Waals surface area contributed by atoms with Crippen molar-refractivity contribution in [3.63, 3.8) is 0 Å². The lowest BCUT2D eigenvalue weighted by molar-refractivity contribution is -0.133. The van der Waals surface area contributed by atoms with E-state index in [1.807, 2.05) is 13.8 Å². The number of hydrogen-bond acceptors (Lipinski definition) is 5. The molecule has 0 atom stereocenters. The number of hydrogen-bond donors (Lipinski definition) is 3. The smallest absolute Gasteiger partial charge is 0.423 e. The van der Waals surface area contributed by atoms with Gasteiger partial charge in [0.05, 0.1) is 5.41 Å². The number of nitrogens with one attached hydrogen (secondary N) is 1. The first kappa shape index (κ1) is 17.8. The van der Waals surface area contributed by atoms with Crippen LogP contribution in [0.25, 0.3) is 0 Å². The summed E-state index contributed by atoms with van der Waals surface area (Å²) in [6.07, 6.45) is 3.91. The fourth-order valence-corrected chi connectivity index (χ4v) is 3.06. The Balaban J connectivity index is 2.03. The van der Waals surface area contributed by atoms with Crippen molar-refractivity contribution in [2.45, 2.75) is 46.1 Å². The molecule has 0 aliphatic carbocycles. The van der Waals surface area contributed by atoms with Gasteiger partial charge in [-0.3, -0.25) is 4.79 Å². The van der Waals surface area contributed by atoms with E-state index in [4.69, 9.17) is 10.0 Å². The highest BCUT2D eigenvalue weighted by Crippen LogP contribution is 2.36. The quantitative estimate of drug-likeness (QED) is 0.679. The Kier molecular flexibility index (Phi) is 5.65. The number of amides is 1. The molecular weight excluding hydrogens is 293 g/mol. The third-order valence-electron chi connectivity index (χ3n) is 4.69. The van der Waals surface area contributed by atoms with Crippen LogP contribution in [0.1, 0.15) is 40.0 Å². The molecule has 3 N–H and O–H groups in total. The normalized spacial score (nSPS) is 17.2. The molecule has 0 aromatic carbocycles. The van der Waals surface area contributed by atoms with Crippen LogP contribution in [0.3, 0.4) is 0 Å². The van der Waals surface area contributed by atoms with Crippen LogP contribution >= 0.6 is 0 Å². The highest BCUT2D eigenvalue weighted by atomic mass is 16.4. The number of anilines is 1. The molecule has 23 heavy (non-hydrogen) atoms. The largest absolute Gasteiger partial charge is 0.490 e. The summed E-state index contributed by atoms with van der Waals surface area (Å²) in [5, 5.41) is 21.3. The summed E-state index contributed by atoms with van der Waals surface area (Å²) in [6, 6.07) is 3.62. The van der Waals surface area contributed by atoms with Crippen molar-refractivity contribution in [1.29, 1.82) is 0 Å².